The molecule has 1 aliphatic rings. The summed E-state index contributed by atoms with van der Waals surface area (Å²) in [6, 6.07) is 8.10. The molecule has 0 unspecified atom stereocenters. The summed E-state index contributed by atoms with van der Waals surface area (Å²) in [5.41, 5.74) is 2.19. The molecule has 3 rings (SSSR count). The quantitative estimate of drug-likeness (QED) is 0.742. The second kappa shape index (κ2) is 9.08. The molecular formula is C19H28N4O2. The molecule has 6 nitrogen and oxygen atoms in total. The molecule has 0 aliphatic carbocycles. The maximum absolute atomic E-state index is 8.83. The van der Waals surface area contributed by atoms with Crippen LogP contribution in [0.25, 0.3) is 11.4 Å². The van der Waals surface area contributed by atoms with Crippen molar-refractivity contribution in [1.82, 2.24) is 19.9 Å². The Balaban J connectivity index is 1.46. The number of hydrogen-bond donors (Lipinski definition) is 1. The van der Waals surface area contributed by atoms with Crippen molar-refractivity contribution in [2.45, 2.75) is 32.7 Å². The normalized spacial score (nSPS) is 16.4. The SMILES string of the molecule is Cc1ccccc1-c1noc(CN2CCN(CCCCCO)CC2)n1. The van der Waals surface area contributed by atoms with E-state index in [4.69, 9.17) is 9.63 Å². The highest BCUT2D eigenvalue weighted by Gasteiger charge is 2.19. The molecule has 0 amide bonds. The number of aromatic nitrogens is 2. The molecule has 2 aromatic rings. The highest BCUT2D eigenvalue weighted by atomic mass is 16.5. The second-order valence-corrected chi connectivity index (χ2v) is 6.73. The zero-order chi connectivity index (χ0) is 17.5. The molecule has 1 N–H and O–H groups in total. The monoisotopic (exact) mass is 344 g/mol. The van der Waals surface area contributed by atoms with Gasteiger partial charge in [-0.25, -0.2) is 0 Å². The molecule has 136 valence electrons. The van der Waals surface area contributed by atoms with E-state index in [2.05, 4.69) is 32.9 Å². The molecular weight excluding hydrogens is 316 g/mol. The average molecular weight is 344 g/mol. The lowest BCUT2D eigenvalue weighted by molar-refractivity contribution is 0.115. The van der Waals surface area contributed by atoms with Crippen LogP contribution >= 0.6 is 0 Å². The van der Waals surface area contributed by atoms with Gasteiger partial charge in [0.15, 0.2) is 0 Å². The van der Waals surface area contributed by atoms with Crippen molar-refractivity contribution in [3.05, 3.63) is 35.7 Å². The third-order valence-corrected chi connectivity index (χ3v) is 4.81. The Labute approximate surface area is 149 Å². The first-order chi connectivity index (χ1) is 12.3. The maximum Gasteiger partial charge on any atom is 0.241 e. The van der Waals surface area contributed by atoms with Crippen LogP contribution in [-0.2, 0) is 6.54 Å². The topological polar surface area (TPSA) is 65.6 Å². The Hall–Kier alpha value is -1.76. The number of nitrogens with zero attached hydrogens (tertiary/aromatic N) is 4. The smallest absolute Gasteiger partial charge is 0.241 e. The number of rotatable bonds is 8. The van der Waals surface area contributed by atoms with E-state index in [1.54, 1.807) is 0 Å². The highest BCUT2D eigenvalue weighted by molar-refractivity contribution is 5.58. The van der Waals surface area contributed by atoms with E-state index in [9.17, 15) is 0 Å². The van der Waals surface area contributed by atoms with Gasteiger partial charge in [-0.15, -0.1) is 0 Å². The molecule has 6 heteroatoms. The summed E-state index contributed by atoms with van der Waals surface area (Å²) in [5, 5.41) is 13.0. The average Bonchev–Trinajstić information content (AvgIpc) is 3.09. The van der Waals surface area contributed by atoms with Gasteiger partial charge in [0.1, 0.15) is 0 Å². The van der Waals surface area contributed by atoms with Crippen LogP contribution in [0.15, 0.2) is 28.8 Å². The van der Waals surface area contributed by atoms with Crippen molar-refractivity contribution in [2.24, 2.45) is 0 Å². The molecule has 25 heavy (non-hydrogen) atoms. The Morgan fingerprint density at radius 3 is 2.56 bits per heavy atom. The molecule has 1 aromatic carbocycles. The van der Waals surface area contributed by atoms with Gasteiger partial charge in [-0.05, 0) is 38.3 Å². The van der Waals surface area contributed by atoms with E-state index in [0.717, 1.165) is 63.2 Å². The molecule has 1 aliphatic heterocycles. The van der Waals surface area contributed by atoms with Crippen molar-refractivity contribution in [3.8, 4) is 11.4 Å². The first-order valence-electron chi connectivity index (χ1n) is 9.20. The van der Waals surface area contributed by atoms with E-state index in [1.165, 1.54) is 6.42 Å². The predicted molar refractivity (Wildman–Crippen MR) is 97.1 cm³/mol. The number of piperazine rings is 1. The minimum absolute atomic E-state index is 0.308. The Morgan fingerprint density at radius 1 is 1.04 bits per heavy atom. The minimum atomic E-state index is 0.308. The van der Waals surface area contributed by atoms with Crippen molar-refractivity contribution in [2.75, 3.05) is 39.3 Å². The molecule has 2 heterocycles. The molecule has 0 radical (unpaired) electrons. The fourth-order valence-corrected chi connectivity index (χ4v) is 3.24. The van der Waals surface area contributed by atoms with Crippen molar-refractivity contribution < 1.29 is 9.63 Å². The van der Waals surface area contributed by atoms with E-state index in [0.29, 0.717) is 18.3 Å². The van der Waals surface area contributed by atoms with Gasteiger partial charge in [0, 0.05) is 38.3 Å². The summed E-state index contributed by atoms with van der Waals surface area (Å²) in [6.45, 7) is 8.44. The van der Waals surface area contributed by atoms with Crippen LogP contribution in [0.4, 0.5) is 0 Å². The molecule has 0 bridgehead atoms. The molecule has 1 fully saturated rings. The number of aliphatic hydroxyl groups excluding tert-OH is 1. The molecule has 0 atom stereocenters. The van der Waals surface area contributed by atoms with E-state index >= 15 is 0 Å². The maximum atomic E-state index is 8.83. The third kappa shape index (κ3) is 5.11. The van der Waals surface area contributed by atoms with Crippen molar-refractivity contribution in [1.29, 1.82) is 0 Å². The summed E-state index contributed by atoms with van der Waals surface area (Å²) in [7, 11) is 0. The number of unbranched alkanes of at least 4 members (excludes halogenated alkanes) is 2. The van der Waals surface area contributed by atoms with Crippen LogP contribution in [0.2, 0.25) is 0 Å². The van der Waals surface area contributed by atoms with Crippen LogP contribution in [0.5, 0.6) is 0 Å². The first-order valence-corrected chi connectivity index (χ1v) is 9.20. The Kier molecular flexibility index (Phi) is 6.55. The third-order valence-electron chi connectivity index (χ3n) is 4.81. The van der Waals surface area contributed by atoms with Gasteiger partial charge in [-0.2, -0.15) is 4.98 Å². The highest BCUT2D eigenvalue weighted by Crippen LogP contribution is 2.20. The van der Waals surface area contributed by atoms with Gasteiger partial charge in [0.25, 0.3) is 0 Å². The summed E-state index contributed by atoms with van der Waals surface area (Å²) in [6.07, 6.45) is 3.20. The molecule has 1 aromatic heterocycles. The van der Waals surface area contributed by atoms with E-state index in [1.807, 2.05) is 18.2 Å². The van der Waals surface area contributed by atoms with Crippen molar-refractivity contribution >= 4 is 0 Å². The van der Waals surface area contributed by atoms with Gasteiger partial charge in [-0.3, -0.25) is 4.90 Å². The number of aliphatic hydroxyl groups is 1. The number of aryl methyl sites for hydroxylation is 1. The number of hydrogen-bond acceptors (Lipinski definition) is 6. The molecule has 0 saturated carbocycles. The van der Waals surface area contributed by atoms with Crippen molar-refractivity contribution in [3.63, 3.8) is 0 Å². The Bertz CT molecular complexity index is 650. The van der Waals surface area contributed by atoms with Gasteiger partial charge >= 0.3 is 0 Å². The largest absolute Gasteiger partial charge is 0.396 e. The number of benzene rings is 1. The first kappa shape index (κ1) is 18.0. The zero-order valence-corrected chi connectivity index (χ0v) is 15.0. The van der Waals surface area contributed by atoms with Crippen LogP contribution < -0.4 is 0 Å². The lowest BCUT2D eigenvalue weighted by atomic mass is 10.1. The van der Waals surface area contributed by atoms with Crippen LogP contribution in [0.1, 0.15) is 30.7 Å². The second-order valence-electron chi connectivity index (χ2n) is 6.73. The summed E-state index contributed by atoms with van der Waals surface area (Å²) < 4.78 is 5.46. The van der Waals surface area contributed by atoms with Gasteiger partial charge in [0.05, 0.1) is 6.54 Å². The minimum Gasteiger partial charge on any atom is -0.396 e. The summed E-state index contributed by atoms with van der Waals surface area (Å²) in [4.78, 5) is 9.44. The predicted octanol–water partition coefficient (Wildman–Crippen LogP) is 2.33. The standard InChI is InChI=1S/C19H28N4O2/c1-16-7-3-4-8-17(16)19-20-18(25-21-19)15-23-12-10-22(11-13-23)9-5-2-6-14-24/h3-4,7-8,24H,2,5-6,9-15H2,1H3. The lowest BCUT2D eigenvalue weighted by Gasteiger charge is -2.33. The van der Waals surface area contributed by atoms with Crippen LogP contribution in [0.3, 0.4) is 0 Å². The fourth-order valence-electron chi connectivity index (χ4n) is 3.24. The summed E-state index contributed by atoms with van der Waals surface area (Å²) >= 11 is 0. The summed E-state index contributed by atoms with van der Waals surface area (Å²) in [5.74, 6) is 1.37. The van der Waals surface area contributed by atoms with Gasteiger partial charge < -0.3 is 14.5 Å². The lowest BCUT2D eigenvalue weighted by Crippen LogP contribution is -2.46. The van der Waals surface area contributed by atoms with Gasteiger partial charge in [-0.1, -0.05) is 29.4 Å². The Morgan fingerprint density at radius 2 is 1.80 bits per heavy atom. The van der Waals surface area contributed by atoms with E-state index < -0.39 is 0 Å². The van der Waals surface area contributed by atoms with Crippen LogP contribution in [0, 0.1) is 6.92 Å². The molecule has 0 spiro atoms. The zero-order valence-electron chi connectivity index (χ0n) is 15.0. The van der Waals surface area contributed by atoms with E-state index in [-0.39, 0.29) is 0 Å². The van der Waals surface area contributed by atoms with Crippen LogP contribution in [-0.4, -0.2) is 64.4 Å². The molecule has 1 saturated heterocycles. The fraction of sp³-hybridized carbons (Fsp3) is 0.579. The van der Waals surface area contributed by atoms with Gasteiger partial charge in [0.2, 0.25) is 11.7 Å².